The monoisotopic (exact) mass is 250 g/mol. The van der Waals surface area contributed by atoms with Crippen LogP contribution in [0, 0.1) is 0 Å². The molecule has 4 rings (SSSR count). The van der Waals surface area contributed by atoms with Crippen LogP contribution in [0.5, 0.6) is 0 Å². The Morgan fingerprint density at radius 3 is 2.67 bits per heavy atom. The molecule has 3 aromatic rings. The van der Waals surface area contributed by atoms with E-state index in [1.807, 2.05) is 36.4 Å². The minimum Gasteiger partial charge on any atom is -0.288 e. The van der Waals surface area contributed by atoms with E-state index in [0.29, 0.717) is 0 Å². The second-order valence-electron chi connectivity index (χ2n) is 4.56. The summed E-state index contributed by atoms with van der Waals surface area (Å²) in [5, 5.41) is 0.845. The van der Waals surface area contributed by atoms with Crippen molar-refractivity contribution in [1.82, 2.24) is 0 Å². The molecule has 1 aromatic heterocycles. The molecule has 18 heavy (non-hydrogen) atoms. The van der Waals surface area contributed by atoms with Gasteiger partial charge in [-0.15, -0.1) is 11.3 Å². The van der Waals surface area contributed by atoms with E-state index in [0.717, 1.165) is 27.6 Å². The third kappa shape index (κ3) is 1.24. The van der Waals surface area contributed by atoms with Gasteiger partial charge >= 0.3 is 0 Å². The highest BCUT2D eigenvalue weighted by Crippen LogP contribution is 2.38. The van der Waals surface area contributed by atoms with Crippen molar-refractivity contribution in [3.63, 3.8) is 0 Å². The summed E-state index contributed by atoms with van der Waals surface area (Å²) >= 11 is 1.75. The summed E-state index contributed by atoms with van der Waals surface area (Å²) in [6.45, 7) is 0. The zero-order valence-electron chi connectivity index (χ0n) is 9.64. The molecule has 0 saturated carbocycles. The molecular formula is C16H10OS. The predicted molar refractivity (Wildman–Crippen MR) is 76.3 cm³/mol. The van der Waals surface area contributed by atoms with E-state index in [-0.39, 0.29) is 5.43 Å². The summed E-state index contributed by atoms with van der Waals surface area (Å²) in [6, 6.07) is 16.1. The molecule has 0 aliphatic heterocycles. The van der Waals surface area contributed by atoms with E-state index in [4.69, 9.17) is 0 Å². The molecular weight excluding hydrogens is 240 g/mol. The van der Waals surface area contributed by atoms with Gasteiger partial charge in [-0.3, -0.25) is 4.79 Å². The van der Waals surface area contributed by atoms with Crippen LogP contribution < -0.4 is 5.43 Å². The zero-order valence-corrected chi connectivity index (χ0v) is 10.5. The molecule has 0 amide bonds. The molecule has 0 unspecified atom stereocenters. The summed E-state index contributed by atoms with van der Waals surface area (Å²) in [4.78, 5) is 13.8. The molecule has 0 atom stereocenters. The third-order valence-corrected chi connectivity index (χ3v) is 4.68. The van der Waals surface area contributed by atoms with Crippen LogP contribution in [0.1, 0.15) is 10.4 Å². The minimum atomic E-state index is 0.185. The normalized spacial score (nSPS) is 12.4. The highest BCUT2D eigenvalue weighted by molar-refractivity contribution is 7.18. The molecule has 2 heteroatoms. The summed E-state index contributed by atoms with van der Waals surface area (Å²) < 4.78 is 1.09. The van der Waals surface area contributed by atoms with E-state index >= 15 is 0 Å². The molecule has 0 fully saturated rings. The van der Waals surface area contributed by atoms with Gasteiger partial charge in [0.15, 0.2) is 5.43 Å². The standard InChI is InChI=1S/C16H10OS/c17-16-12-7-3-4-8-13(12)18-14-9-10-5-1-2-6-11(10)15(14)16/h1-8H,9H2. The fourth-order valence-corrected chi connectivity index (χ4v) is 3.89. The van der Waals surface area contributed by atoms with Crippen LogP contribution in [0.2, 0.25) is 0 Å². The third-order valence-electron chi connectivity index (χ3n) is 3.51. The first-order chi connectivity index (χ1) is 8.84. The van der Waals surface area contributed by atoms with Gasteiger partial charge in [-0.2, -0.15) is 0 Å². The van der Waals surface area contributed by atoms with Crippen molar-refractivity contribution >= 4 is 21.4 Å². The van der Waals surface area contributed by atoms with Gasteiger partial charge in [0.05, 0.1) is 0 Å². The maximum absolute atomic E-state index is 12.6. The Labute approximate surface area is 108 Å². The summed E-state index contributed by atoms with van der Waals surface area (Å²) in [6.07, 6.45) is 0.899. The second kappa shape index (κ2) is 3.53. The van der Waals surface area contributed by atoms with Crippen molar-refractivity contribution in [2.24, 2.45) is 0 Å². The Bertz CT molecular complexity index is 830. The van der Waals surface area contributed by atoms with Crippen molar-refractivity contribution in [3.05, 3.63) is 69.2 Å². The van der Waals surface area contributed by atoms with Crippen molar-refractivity contribution in [1.29, 1.82) is 0 Å². The van der Waals surface area contributed by atoms with Gasteiger partial charge in [-0.25, -0.2) is 0 Å². The number of rotatable bonds is 0. The Morgan fingerprint density at radius 2 is 1.72 bits per heavy atom. The second-order valence-corrected chi connectivity index (χ2v) is 5.70. The van der Waals surface area contributed by atoms with Gasteiger partial charge in [-0.05, 0) is 23.3 Å². The average molecular weight is 250 g/mol. The topological polar surface area (TPSA) is 17.1 Å². The largest absolute Gasteiger partial charge is 0.288 e. The fourth-order valence-electron chi connectivity index (χ4n) is 2.68. The van der Waals surface area contributed by atoms with Gasteiger partial charge in [0, 0.05) is 26.9 Å². The smallest absolute Gasteiger partial charge is 0.196 e. The van der Waals surface area contributed by atoms with E-state index in [9.17, 15) is 4.79 Å². The number of hydrogen-bond donors (Lipinski definition) is 0. The van der Waals surface area contributed by atoms with Crippen molar-refractivity contribution in [2.45, 2.75) is 6.42 Å². The molecule has 0 saturated heterocycles. The highest BCUT2D eigenvalue weighted by Gasteiger charge is 2.22. The summed E-state index contributed by atoms with van der Waals surface area (Å²) in [5.41, 5.74) is 3.51. The van der Waals surface area contributed by atoms with Crippen molar-refractivity contribution in [2.75, 3.05) is 0 Å². The number of hydrogen-bond acceptors (Lipinski definition) is 2. The van der Waals surface area contributed by atoms with Crippen LogP contribution in [-0.2, 0) is 6.42 Å². The van der Waals surface area contributed by atoms with Crippen LogP contribution >= 0.6 is 11.3 Å². The molecule has 0 bridgehead atoms. The summed E-state index contributed by atoms with van der Waals surface area (Å²) in [7, 11) is 0. The lowest BCUT2D eigenvalue weighted by Gasteiger charge is -2.02. The quantitative estimate of drug-likeness (QED) is 0.463. The van der Waals surface area contributed by atoms with Gasteiger partial charge in [0.25, 0.3) is 0 Å². The molecule has 0 spiro atoms. The van der Waals surface area contributed by atoms with Gasteiger partial charge in [0.2, 0.25) is 0 Å². The van der Waals surface area contributed by atoms with E-state index in [1.54, 1.807) is 11.3 Å². The lowest BCUT2D eigenvalue weighted by molar-refractivity contribution is 1.31. The van der Waals surface area contributed by atoms with Crippen molar-refractivity contribution in [3.8, 4) is 11.1 Å². The molecule has 0 radical (unpaired) electrons. The average Bonchev–Trinajstić information content (AvgIpc) is 2.77. The van der Waals surface area contributed by atoms with Crippen LogP contribution in [0.3, 0.4) is 0 Å². The first-order valence-corrected chi connectivity index (χ1v) is 6.79. The highest BCUT2D eigenvalue weighted by atomic mass is 32.1. The number of benzene rings is 2. The Morgan fingerprint density at radius 1 is 0.944 bits per heavy atom. The van der Waals surface area contributed by atoms with Gasteiger partial charge in [-0.1, -0.05) is 36.4 Å². The first kappa shape index (κ1) is 10.0. The maximum Gasteiger partial charge on any atom is 0.196 e. The molecule has 86 valence electrons. The SMILES string of the molecule is O=c1c2c(sc3ccccc13)Cc1ccccc1-2. The van der Waals surface area contributed by atoms with Crippen molar-refractivity contribution < 1.29 is 0 Å². The lowest BCUT2D eigenvalue weighted by atomic mass is 10.1. The minimum absolute atomic E-state index is 0.185. The van der Waals surface area contributed by atoms with Gasteiger partial charge in [0.1, 0.15) is 0 Å². The van der Waals surface area contributed by atoms with Gasteiger partial charge < -0.3 is 0 Å². The van der Waals surface area contributed by atoms with Crippen LogP contribution in [-0.4, -0.2) is 0 Å². The molecule has 2 aromatic carbocycles. The lowest BCUT2D eigenvalue weighted by Crippen LogP contribution is -2.04. The van der Waals surface area contributed by atoms with E-state index in [2.05, 4.69) is 12.1 Å². The molecule has 1 nitrogen and oxygen atoms in total. The maximum atomic E-state index is 12.6. The first-order valence-electron chi connectivity index (χ1n) is 5.97. The molecule has 0 N–H and O–H groups in total. The van der Waals surface area contributed by atoms with Crippen LogP contribution in [0.4, 0.5) is 0 Å². The zero-order chi connectivity index (χ0) is 12.1. The Balaban J connectivity index is 2.18. The fraction of sp³-hybridized carbons (Fsp3) is 0.0625. The predicted octanol–water partition coefficient (Wildman–Crippen LogP) is 3.83. The Hall–Kier alpha value is -1.93. The molecule has 1 aliphatic rings. The molecule has 1 heterocycles. The van der Waals surface area contributed by atoms with Crippen LogP contribution in [0.15, 0.2) is 53.3 Å². The summed E-state index contributed by atoms with van der Waals surface area (Å²) in [5.74, 6) is 0. The van der Waals surface area contributed by atoms with E-state index < -0.39 is 0 Å². The molecule has 1 aliphatic carbocycles. The Kier molecular flexibility index (Phi) is 1.97. The van der Waals surface area contributed by atoms with E-state index in [1.165, 1.54) is 10.4 Å². The van der Waals surface area contributed by atoms with Crippen LogP contribution in [0.25, 0.3) is 21.2 Å². The number of fused-ring (bicyclic) bond motifs is 4.